The van der Waals surface area contributed by atoms with Crippen molar-refractivity contribution < 1.29 is 13.2 Å². The molecule has 1 aromatic carbocycles. The SMILES string of the molecule is CNS(=O)(=O)c1ccccc1N1CCN(C(=O)C2CCCC(N)C2)CC1.Cl. The first-order chi connectivity index (χ1) is 12.4. The van der Waals surface area contributed by atoms with Crippen LogP contribution in [0.2, 0.25) is 0 Å². The molecule has 1 heterocycles. The fraction of sp³-hybridized carbons (Fsp3) is 0.611. The van der Waals surface area contributed by atoms with Gasteiger partial charge < -0.3 is 15.5 Å². The van der Waals surface area contributed by atoms with Crippen molar-refractivity contribution in [3.8, 4) is 0 Å². The van der Waals surface area contributed by atoms with Gasteiger partial charge in [0, 0.05) is 38.1 Å². The molecule has 1 saturated carbocycles. The lowest BCUT2D eigenvalue weighted by molar-refractivity contribution is -0.137. The Morgan fingerprint density at radius 3 is 2.44 bits per heavy atom. The molecule has 1 aromatic rings. The van der Waals surface area contributed by atoms with E-state index in [4.69, 9.17) is 5.73 Å². The molecular formula is C18H29ClN4O3S. The minimum atomic E-state index is -3.52. The molecule has 3 N–H and O–H groups in total. The van der Waals surface area contributed by atoms with Crippen molar-refractivity contribution in [2.75, 3.05) is 38.1 Å². The Labute approximate surface area is 167 Å². The zero-order chi connectivity index (χ0) is 18.7. The van der Waals surface area contributed by atoms with Gasteiger partial charge in [0.2, 0.25) is 15.9 Å². The van der Waals surface area contributed by atoms with E-state index in [-0.39, 0.29) is 35.2 Å². The van der Waals surface area contributed by atoms with Crippen LogP contribution in [-0.2, 0) is 14.8 Å². The second kappa shape index (κ2) is 9.23. The van der Waals surface area contributed by atoms with E-state index in [1.165, 1.54) is 7.05 Å². The van der Waals surface area contributed by atoms with Gasteiger partial charge in [0.25, 0.3) is 0 Å². The predicted molar refractivity (Wildman–Crippen MR) is 109 cm³/mol. The highest BCUT2D eigenvalue weighted by molar-refractivity contribution is 7.89. The van der Waals surface area contributed by atoms with Gasteiger partial charge in [-0.3, -0.25) is 4.79 Å². The van der Waals surface area contributed by atoms with E-state index in [1.54, 1.807) is 12.1 Å². The summed E-state index contributed by atoms with van der Waals surface area (Å²) in [5.74, 6) is 0.248. The van der Waals surface area contributed by atoms with Crippen LogP contribution in [-0.4, -0.2) is 58.5 Å². The average Bonchev–Trinajstić information content (AvgIpc) is 2.67. The number of hydrogen-bond donors (Lipinski definition) is 2. The largest absolute Gasteiger partial charge is 0.367 e. The van der Waals surface area contributed by atoms with E-state index < -0.39 is 10.0 Å². The van der Waals surface area contributed by atoms with Crippen molar-refractivity contribution in [2.24, 2.45) is 11.7 Å². The van der Waals surface area contributed by atoms with Crippen LogP contribution in [0, 0.1) is 5.92 Å². The summed E-state index contributed by atoms with van der Waals surface area (Å²) in [7, 11) is -2.10. The van der Waals surface area contributed by atoms with Crippen LogP contribution in [0.15, 0.2) is 29.2 Å². The molecule has 0 spiro atoms. The Balaban J connectivity index is 0.00000261. The van der Waals surface area contributed by atoms with Gasteiger partial charge in [-0.15, -0.1) is 12.4 Å². The number of carbonyl (C=O) groups is 1. The van der Waals surface area contributed by atoms with E-state index in [2.05, 4.69) is 4.72 Å². The second-order valence-corrected chi connectivity index (χ2v) is 8.97. The molecule has 0 bridgehead atoms. The van der Waals surface area contributed by atoms with E-state index in [0.717, 1.165) is 25.7 Å². The van der Waals surface area contributed by atoms with E-state index >= 15 is 0 Å². The summed E-state index contributed by atoms with van der Waals surface area (Å²) in [6.45, 7) is 2.47. The molecule has 2 fully saturated rings. The Morgan fingerprint density at radius 2 is 1.81 bits per heavy atom. The van der Waals surface area contributed by atoms with Gasteiger partial charge in [0.05, 0.1) is 5.69 Å². The monoisotopic (exact) mass is 416 g/mol. The molecule has 7 nitrogen and oxygen atoms in total. The third-order valence-electron chi connectivity index (χ3n) is 5.42. The van der Waals surface area contributed by atoms with Crippen LogP contribution >= 0.6 is 12.4 Å². The van der Waals surface area contributed by atoms with E-state index in [9.17, 15) is 13.2 Å². The summed E-state index contributed by atoms with van der Waals surface area (Å²) in [5, 5.41) is 0. The van der Waals surface area contributed by atoms with Crippen molar-refractivity contribution in [3.63, 3.8) is 0 Å². The van der Waals surface area contributed by atoms with E-state index in [1.807, 2.05) is 21.9 Å². The molecule has 1 aliphatic carbocycles. The molecule has 1 saturated heterocycles. The van der Waals surface area contributed by atoms with Crippen molar-refractivity contribution in [2.45, 2.75) is 36.6 Å². The van der Waals surface area contributed by atoms with Crippen LogP contribution in [0.25, 0.3) is 0 Å². The highest BCUT2D eigenvalue weighted by Crippen LogP contribution is 2.28. The van der Waals surface area contributed by atoms with Crippen LogP contribution in [0.1, 0.15) is 25.7 Å². The minimum absolute atomic E-state index is 0. The lowest BCUT2D eigenvalue weighted by Crippen LogP contribution is -2.51. The fourth-order valence-electron chi connectivity index (χ4n) is 3.93. The lowest BCUT2D eigenvalue weighted by Gasteiger charge is -2.39. The topological polar surface area (TPSA) is 95.7 Å². The van der Waals surface area contributed by atoms with Gasteiger partial charge in [0.1, 0.15) is 4.90 Å². The molecule has 1 amide bonds. The summed E-state index contributed by atoms with van der Waals surface area (Å²) in [6.07, 6.45) is 3.74. The molecule has 27 heavy (non-hydrogen) atoms. The maximum atomic E-state index is 12.8. The number of amides is 1. The van der Waals surface area contributed by atoms with Crippen LogP contribution in [0.3, 0.4) is 0 Å². The van der Waals surface area contributed by atoms with Gasteiger partial charge in [0.15, 0.2) is 0 Å². The van der Waals surface area contributed by atoms with Gasteiger partial charge >= 0.3 is 0 Å². The number of hydrogen-bond acceptors (Lipinski definition) is 5. The lowest BCUT2D eigenvalue weighted by atomic mass is 9.85. The third kappa shape index (κ3) is 4.93. The molecule has 3 rings (SSSR count). The summed E-state index contributed by atoms with van der Waals surface area (Å²) < 4.78 is 26.9. The first kappa shape index (κ1) is 21.9. The number of anilines is 1. The van der Waals surface area contributed by atoms with E-state index in [0.29, 0.717) is 31.9 Å². The zero-order valence-corrected chi connectivity index (χ0v) is 17.3. The predicted octanol–water partition coefficient (Wildman–Crippen LogP) is 1.18. The summed E-state index contributed by atoms with van der Waals surface area (Å²) in [6, 6.07) is 7.13. The third-order valence-corrected chi connectivity index (χ3v) is 6.88. The molecule has 2 atom stereocenters. The Kier molecular flexibility index (Phi) is 7.50. The molecule has 2 aliphatic rings. The van der Waals surface area contributed by atoms with Crippen molar-refractivity contribution in [1.82, 2.24) is 9.62 Å². The molecule has 9 heteroatoms. The standard InChI is InChI=1S/C18H28N4O3S.ClH/c1-20-26(24,25)17-8-3-2-7-16(17)21-9-11-22(12-10-21)18(23)14-5-4-6-15(19)13-14;/h2-3,7-8,14-15,20H,4-6,9-13,19H2,1H3;1H. The molecule has 0 radical (unpaired) electrons. The highest BCUT2D eigenvalue weighted by Gasteiger charge is 2.31. The van der Waals surface area contributed by atoms with Crippen LogP contribution in [0.4, 0.5) is 5.69 Å². The number of piperazine rings is 1. The van der Waals surface area contributed by atoms with Crippen molar-refractivity contribution in [3.05, 3.63) is 24.3 Å². The summed E-state index contributed by atoms with van der Waals surface area (Å²) >= 11 is 0. The first-order valence-corrected chi connectivity index (χ1v) is 10.7. The molecule has 1 aliphatic heterocycles. The first-order valence-electron chi connectivity index (χ1n) is 9.24. The molecule has 152 valence electrons. The Morgan fingerprint density at radius 1 is 1.15 bits per heavy atom. The number of sulfonamides is 1. The number of halogens is 1. The molecular weight excluding hydrogens is 388 g/mol. The zero-order valence-electron chi connectivity index (χ0n) is 15.6. The van der Waals surface area contributed by atoms with Crippen molar-refractivity contribution in [1.29, 1.82) is 0 Å². The quantitative estimate of drug-likeness (QED) is 0.768. The summed E-state index contributed by atoms with van der Waals surface area (Å²) in [4.78, 5) is 17.0. The van der Waals surface area contributed by atoms with Gasteiger partial charge in [-0.2, -0.15) is 0 Å². The number of carbonyl (C=O) groups excluding carboxylic acids is 1. The van der Waals surface area contributed by atoms with Gasteiger partial charge in [-0.05, 0) is 38.4 Å². The van der Waals surface area contributed by atoms with Crippen molar-refractivity contribution >= 4 is 34.0 Å². The number of nitrogens with two attached hydrogens (primary N) is 1. The smallest absolute Gasteiger partial charge is 0.242 e. The van der Waals surface area contributed by atoms with Gasteiger partial charge in [-0.25, -0.2) is 13.1 Å². The maximum Gasteiger partial charge on any atom is 0.242 e. The number of benzene rings is 1. The van der Waals surface area contributed by atoms with Crippen LogP contribution in [0.5, 0.6) is 0 Å². The number of nitrogens with one attached hydrogen (secondary N) is 1. The maximum absolute atomic E-state index is 12.8. The Bertz CT molecular complexity index is 751. The molecule has 2 unspecified atom stereocenters. The number of para-hydroxylation sites is 1. The van der Waals surface area contributed by atoms with Gasteiger partial charge in [-0.1, -0.05) is 18.6 Å². The highest BCUT2D eigenvalue weighted by atomic mass is 35.5. The Hall–Kier alpha value is -1.35. The normalized spacial score (nSPS) is 23.6. The summed E-state index contributed by atoms with van der Waals surface area (Å²) in [5.41, 5.74) is 6.71. The molecule has 0 aromatic heterocycles. The van der Waals surface area contributed by atoms with Crippen LogP contribution < -0.4 is 15.4 Å². The number of nitrogens with zero attached hydrogens (tertiary/aromatic N) is 2. The second-order valence-electron chi connectivity index (χ2n) is 7.11. The fourth-order valence-corrected chi connectivity index (χ4v) is 4.88. The minimum Gasteiger partial charge on any atom is -0.367 e. The average molecular weight is 417 g/mol. The number of rotatable bonds is 4.